The van der Waals surface area contributed by atoms with Crippen molar-refractivity contribution in [3.05, 3.63) is 60.2 Å². The van der Waals surface area contributed by atoms with Crippen LogP contribution in [-0.2, 0) is 13.1 Å². The highest BCUT2D eigenvalue weighted by Crippen LogP contribution is 2.55. The molecule has 6 rings (SSSR count). The second-order valence-corrected chi connectivity index (χ2v) is 9.51. The minimum atomic E-state index is 0.221. The van der Waals surface area contributed by atoms with Gasteiger partial charge in [-0.3, -0.25) is 9.97 Å². The summed E-state index contributed by atoms with van der Waals surface area (Å²) in [5.41, 5.74) is 2.29. The minimum Gasteiger partial charge on any atom is -0.357 e. The SMILES string of the molecule is S=C(NC12CC3CC(CC(C3)C1)C2)N(Cc1ccccn1)Cc1ccccn1. The van der Waals surface area contributed by atoms with Gasteiger partial charge in [0, 0.05) is 17.9 Å². The lowest BCUT2D eigenvalue weighted by Gasteiger charge is -2.57. The molecular formula is C23H28N4S. The maximum Gasteiger partial charge on any atom is 0.170 e. The second-order valence-electron chi connectivity index (χ2n) is 9.13. The van der Waals surface area contributed by atoms with Gasteiger partial charge in [-0.05, 0) is 92.8 Å². The maximum atomic E-state index is 5.97. The minimum absolute atomic E-state index is 0.221. The Balaban J connectivity index is 1.35. The number of nitrogens with zero attached hydrogens (tertiary/aromatic N) is 3. The van der Waals surface area contributed by atoms with Crippen molar-refractivity contribution in [2.45, 2.75) is 57.2 Å². The van der Waals surface area contributed by atoms with E-state index in [-0.39, 0.29) is 5.54 Å². The topological polar surface area (TPSA) is 41.0 Å². The molecule has 4 aliphatic carbocycles. The molecular weight excluding hydrogens is 364 g/mol. The zero-order chi connectivity index (χ0) is 19.0. The molecule has 0 aliphatic heterocycles. The summed E-state index contributed by atoms with van der Waals surface area (Å²) >= 11 is 5.97. The number of thiocarbonyl (C=S) groups is 1. The predicted molar refractivity (Wildman–Crippen MR) is 114 cm³/mol. The molecule has 2 aromatic heterocycles. The van der Waals surface area contributed by atoms with Crippen molar-refractivity contribution in [2.24, 2.45) is 17.8 Å². The van der Waals surface area contributed by atoms with Crippen molar-refractivity contribution in [3.63, 3.8) is 0 Å². The highest BCUT2D eigenvalue weighted by molar-refractivity contribution is 7.80. The van der Waals surface area contributed by atoms with Crippen molar-refractivity contribution in [1.29, 1.82) is 0 Å². The van der Waals surface area contributed by atoms with Crippen LogP contribution >= 0.6 is 12.2 Å². The van der Waals surface area contributed by atoms with Gasteiger partial charge in [0.25, 0.3) is 0 Å². The van der Waals surface area contributed by atoms with Crippen molar-refractivity contribution < 1.29 is 0 Å². The number of aromatic nitrogens is 2. The Morgan fingerprint density at radius 1 is 0.893 bits per heavy atom. The standard InChI is InChI=1S/C23H28N4S/c28-22(26-23-12-17-9-18(13-23)11-19(10-17)14-23)27(15-20-5-1-3-7-24-20)16-21-6-2-4-8-25-21/h1-8,17-19H,9-16H2,(H,26,28). The molecule has 28 heavy (non-hydrogen) atoms. The summed E-state index contributed by atoms with van der Waals surface area (Å²) in [6.07, 6.45) is 11.9. The molecule has 2 heterocycles. The van der Waals surface area contributed by atoms with Crippen LogP contribution < -0.4 is 5.32 Å². The summed E-state index contributed by atoms with van der Waals surface area (Å²) in [4.78, 5) is 11.3. The summed E-state index contributed by atoms with van der Waals surface area (Å²) < 4.78 is 0. The van der Waals surface area contributed by atoms with Crippen LogP contribution in [0.1, 0.15) is 49.9 Å². The third-order valence-corrected chi connectivity index (χ3v) is 7.22. The van der Waals surface area contributed by atoms with Gasteiger partial charge in [0.1, 0.15) is 0 Å². The van der Waals surface area contributed by atoms with E-state index in [2.05, 4.69) is 32.3 Å². The van der Waals surface area contributed by atoms with Gasteiger partial charge >= 0.3 is 0 Å². The van der Waals surface area contributed by atoms with E-state index >= 15 is 0 Å². The first-order valence-electron chi connectivity index (χ1n) is 10.5. The molecule has 146 valence electrons. The predicted octanol–water partition coefficient (Wildman–Crippen LogP) is 4.32. The Kier molecular flexibility index (Phi) is 4.79. The van der Waals surface area contributed by atoms with Crippen LogP contribution in [0.25, 0.3) is 0 Å². The fraction of sp³-hybridized carbons (Fsp3) is 0.522. The molecule has 0 aromatic carbocycles. The van der Waals surface area contributed by atoms with E-state index in [0.717, 1.165) is 34.3 Å². The van der Waals surface area contributed by atoms with Crippen molar-refractivity contribution in [1.82, 2.24) is 20.2 Å². The highest BCUT2D eigenvalue weighted by atomic mass is 32.1. The fourth-order valence-corrected chi connectivity index (χ4v) is 6.49. The molecule has 0 amide bonds. The maximum absolute atomic E-state index is 5.97. The molecule has 0 spiro atoms. The van der Waals surface area contributed by atoms with Gasteiger partial charge in [0.2, 0.25) is 0 Å². The van der Waals surface area contributed by atoms with Crippen LogP contribution in [0.4, 0.5) is 0 Å². The summed E-state index contributed by atoms with van der Waals surface area (Å²) in [6, 6.07) is 12.1. The van der Waals surface area contributed by atoms with Crippen LogP contribution in [-0.4, -0.2) is 25.5 Å². The van der Waals surface area contributed by atoms with Crippen LogP contribution in [0.2, 0.25) is 0 Å². The summed E-state index contributed by atoms with van der Waals surface area (Å²) in [5, 5.41) is 4.73. The number of nitrogens with one attached hydrogen (secondary N) is 1. The first kappa shape index (κ1) is 18.0. The Morgan fingerprint density at radius 2 is 1.39 bits per heavy atom. The van der Waals surface area contributed by atoms with Gasteiger partial charge in [-0.2, -0.15) is 0 Å². The lowest BCUT2D eigenvalue weighted by atomic mass is 9.53. The van der Waals surface area contributed by atoms with Gasteiger partial charge in [-0.25, -0.2) is 0 Å². The molecule has 4 nitrogen and oxygen atoms in total. The molecule has 0 unspecified atom stereocenters. The number of hydrogen-bond donors (Lipinski definition) is 1. The highest BCUT2D eigenvalue weighted by Gasteiger charge is 2.51. The molecule has 4 fully saturated rings. The van der Waals surface area contributed by atoms with Crippen molar-refractivity contribution in [3.8, 4) is 0 Å². The number of rotatable bonds is 5. The number of hydrogen-bond acceptors (Lipinski definition) is 3. The summed E-state index contributed by atoms with van der Waals surface area (Å²) in [7, 11) is 0. The third-order valence-electron chi connectivity index (χ3n) is 6.86. The van der Waals surface area contributed by atoms with E-state index in [1.54, 1.807) is 0 Å². The summed E-state index contributed by atoms with van der Waals surface area (Å²) in [5.74, 6) is 2.71. The van der Waals surface area contributed by atoms with Gasteiger partial charge in [0.15, 0.2) is 5.11 Å². The molecule has 2 aromatic rings. The van der Waals surface area contributed by atoms with Gasteiger partial charge in [0.05, 0.1) is 24.5 Å². The largest absolute Gasteiger partial charge is 0.357 e. The first-order valence-corrected chi connectivity index (χ1v) is 11.0. The van der Waals surface area contributed by atoms with E-state index in [9.17, 15) is 0 Å². The molecule has 4 aliphatic rings. The monoisotopic (exact) mass is 392 g/mol. The summed E-state index contributed by atoms with van der Waals surface area (Å²) in [6.45, 7) is 1.41. The molecule has 4 saturated carbocycles. The average molecular weight is 393 g/mol. The Bertz CT molecular complexity index is 746. The van der Waals surface area contributed by atoms with Gasteiger partial charge in [-0.15, -0.1) is 0 Å². The fourth-order valence-electron chi connectivity index (χ4n) is 6.14. The van der Waals surface area contributed by atoms with E-state index in [1.807, 2.05) is 36.7 Å². The van der Waals surface area contributed by atoms with E-state index < -0.39 is 0 Å². The lowest BCUT2D eigenvalue weighted by molar-refractivity contribution is -0.0113. The lowest BCUT2D eigenvalue weighted by Crippen LogP contribution is -2.61. The smallest absolute Gasteiger partial charge is 0.170 e. The average Bonchev–Trinajstić information content (AvgIpc) is 2.68. The van der Waals surface area contributed by atoms with Crippen molar-refractivity contribution in [2.75, 3.05) is 0 Å². The second kappa shape index (κ2) is 7.43. The molecule has 0 radical (unpaired) electrons. The molecule has 1 N–H and O–H groups in total. The van der Waals surface area contributed by atoms with Crippen LogP contribution in [0.5, 0.6) is 0 Å². The Morgan fingerprint density at radius 3 is 1.82 bits per heavy atom. The van der Waals surface area contributed by atoms with Crippen LogP contribution in [0.3, 0.4) is 0 Å². The van der Waals surface area contributed by atoms with Crippen LogP contribution in [0, 0.1) is 17.8 Å². The van der Waals surface area contributed by atoms with E-state index in [0.29, 0.717) is 13.1 Å². The Hall–Kier alpha value is -2.01. The van der Waals surface area contributed by atoms with Gasteiger partial charge < -0.3 is 10.2 Å². The quantitative estimate of drug-likeness (QED) is 0.768. The van der Waals surface area contributed by atoms with Crippen molar-refractivity contribution >= 4 is 17.3 Å². The van der Waals surface area contributed by atoms with E-state index in [4.69, 9.17) is 12.2 Å². The molecule has 4 bridgehead atoms. The van der Waals surface area contributed by atoms with E-state index in [1.165, 1.54) is 38.5 Å². The number of pyridine rings is 2. The molecule has 0 saturated heterocycles. The normalized spacial score (nSPS) is 30.2. The molecule has 5 heteroatoms. The Labute approximate surface area is 172 Å². The first-order chi connectivity index (χ1) is 13.7. The molecule has 0 atom stereocenters. The van der Waals surface area contributed by atoms with Crippen LogP contribution in [0.15, 0.2) is 48.8 Å². The zero-order valence-electron chi connectivity index (χ0n) is 16.3. The van der Waals surface area contributed by atoms with Gasteiger partial charge in [-0.1, -0.05) is 12.1 Å². The third kappa shape index (κ3) is 3.77. The zero-order valence-corrected chi connectivity index (χ0v) is 17.1.